The zero-order chi connectivity index (χ0) is 27.9. The topological polar surface area (TPSA) is 69.0 Å². The molecule has 0 spiro atoms. The molecule has 202 valence electrons. The lowest BCUT2D eigenvalue weighted by Crippen LogP contribution is -2.32. The number of hydrogen-bond donors (Lipinski definition) is 1. The van der Waals surface area contributed by atoms with Gasteiger partial charge in [0.15, 0.2) is 11.0 Å². The molecule has 6 nitrogen and oxygen atoms in total. The quantitative estimate of drug-likeness (QED) is 0.180. The first kappa shape index (κ1) is 27.5. The first-order chi connectivity index (χ1) is 19.5. The number of thioether (sulfide) groups is 1. The van der Waals surface area contributed by atoms with Crippen molar-refractivity contribution in [3.63, 3.8) is 0 Å². The summed E-state index contributed by atoms with van der Waals surface area (Å²) in [5, 5.41) is 13.8. The van der Waals surface area contributed by atoms with Crippen LogP contribution in [-0.4, -0.2) is 27.8 Å². The van der Waals surface area contributed by atoms with E-state index in [4.69, 9.17) is 16.3 Å². The molecular formula is C32H29ClN4O2S. The molecule has 0 fully saturated rings. The highest BCUT2D eigenvalue weighted by Crippen LogP contribution is 2.32. The lowest BCUT2D eigenvalue weighted by Gasteiger charge is -2.22. The van der Waals surface area contributed by atoms with Crippen molar-refractivity contribution in [3.05, 3.63) is 136 Å². The second-order valence-corrected chi connectivity index (χ2v) is 10.7. The molecule has 0 radical (unpaired) electrons. The molecule has 1 atom stereocenters. The standard InChI is InChI=1S/C32H29ClN4O2S/c1-22-17-18-25(33)20-28(22)37-30(35-36-32(37)40-21-24-13-7-4-8-14-24)27(19-23-11-5-3-6-12-23)34-31(38)26-15-9-10-16-29(26)39-2/h3-18,20,27H,19,21H2,1-2H3,(H,34,38). The predicted octanol–water partition coefficient (Wildman–Crippen LogP) is 7.24. The Morgan fingerprint density at radius 3 is 2.33 bits per heavy atom. The summed E-state index contributed by atoms with van der Waals surface area (Å²) in [6.45, 7) is 2.03. The van der Waals surface area contributed by atoms with Gasteiger partial charge in [-0.3, -0.25) is 9.36 Å². The third kappa shape index (κ3) is 6.38. The number of aryl methyl sites for hydroxylation is 1. The van der Waals surface area contributed by atoms with Gasteiger partial charge < -0.3 is 10.1 Å². The minimum atomic E-state index is -0.489. The molecule has 0 aliphatic rings. The molecule has 0 bridgehead atoms. The van der Waals surface area contributed by atoms with Gasteiger partial charge in [0.05, 0.1) is 24.4 Å². The smallest absolute Gasteiger partial charge is 0.255 e. The Labute approximate surface area is 243 Å². The predicted molar refractivity (Wildman–Crippen MR) is 160 cm³/mol. The van der Waals surface area contributed by atoms with E-state index in [1.54, 1.807) is 31.0 Å². The SMILES string of the molecule is COc1ccccc1C(=O)NC(Cc1ccccc1)c1nnc(SCc2ccccc2)n1-c1cc(Cl)ccc1C. The van der Waals surface area contributed by atoms with Crippen LogP contribution in [0.25, 0.3) is 5.69 Å². The Morgan fingerprint density at radius 2 is 1.60 bits per heavy atom. The Morgan fingerprint density at radius 1 is 0.925 bits per heavy atom. The summed E-state index contributed by atoms with van der Waals surface area (Å²) in [5.41, 5.74) is 4.57. The number of para-hydroxylation sites is 1. The number of aromatic nitrogens is 3. The third-order valence-electron chi connectivity index (χ3n) is 6.53. The van der Waals surface area contributed by atoms with Crippen molar-refractivity contribution in [2.24, 2.45) is 0 Å². The van der Waals surface area contributed by atoms with Crippen molar-refractivity contribution in [3.8, 4) is 11.4 Å². The van der Waals surface area contributed by atoms with Gasteiger partial charge in [-0.25, -0.2) is 0 Å². The van der Waals surface area contributed by atoms with E-state index in [0.717, 1.165) is 22.6 Å². The van der Waals surface area contributed by atoms with Gasteiger partial charge in [-0.05, 0) is 54.3 Å². The molecule has 1 unspecified atom stereocenters. The van der Waals surface area contributed by atoms with Crippen LogP contribution in [0.15, 0.2) is 108 Å². The maximum absolute atomic E-state index is 13.6. The number of nitrogens with one attached hydrogen (secondary N) is 1. The molecule has 1 heterocycles. The van der Waals surface area contributed by atoms with Crippen LogP contribution >= 0.6 is 23.4 Å². The second-order valence-electron chi connectivity index (χ2n) is 9.30. The van der Waals surface area contributed by atoms with Crippen molar-refractivity contribution >= 4 is 29.3 Å². The monoisotopic (exact) mass is 568 g/mol. The number of carbonyl (C=O) groups is 1. The first-order valence-electron chi connectivity index (χ1n) is 12.9. The highest BCUT2D eigenvalue weighted by molar-refractivity contribution is 7.98. The van der Waals surface area contributed by atoms with Gasteiger partial charge in [-0.2, -0.15) is 0 Å². The van der Waals surface area contributed by atoms with E-state index in [0.29, 0.717) is 33.7 Å². The summed E-state index contributed by atoms with van der Waals surface area (Å²) in [5.74, 6) is 1.59. The molecule has 0 aliphatic heterocycles. The summed E-state index contributed by atoms with van der Waals surface area (Å²) in [4.78, 5) is 13.6. The number of nitrogens with zero attached hydrogens (tertiary/aromatic N) is 3. The second kappa shape index (κ2) is 12.9. The summed E-state index contributed by atoms with van der Waals surface area (Å²) in [6, 6.07) is 32.7. The molecule has 4 aromatic carbocycles. The number of methoxy groups -OCH3 is 1. The van der Waals surface area contributed by atoms with E-state index in [1.165, 1.54) is 5.56 Å². The summed E-state index contributed by atoms with van der Waals surface area (Å²) < 4.78 is 7.48. The fourth-order valence-electron chi connectivity index (χ4n) is 4.50. The van der Waals surface area contributed by atoms with Crippen LogP contribution in [0.2, 0.25) is 5.02 Å². The van der Waals surface area contributed by atoms with Crippen molar-refractivity contribution in [2.75, 3.05) is 7.11 Å². The Balaban J connectivity index is 1.59. The van der Waals surface area contributed by atoms with Gasteiger partial charge in [0.25, 0.3) is 5.91 Å². The number of amides is 1. The van der Waals surface area contributed by atoms with E-state index in [1.807, 2.05) is 90.4 Å². The maximum Gasteiger partial charge on any atom is 0.255 e. The summed E-state index contributed by atoms with van der Waals surface area (Å²) in [7, 11) is 1.56. The van der Waals surface area contributed by atoms with Crippen LogP contribution in [-0.2, 0) is 12.2 Å². The zero-order valence-electron chi connectivity index (χ0n) is 22.3. The van der Waals surface area contributed by atoms with Crippen LogP contribution in [0.1, 0.15) is 38.9 Å². The normalized spacial score (nSPS) is 11.7. The molecule has 1 aromatic heterocycles. The van der Waals surface area contributed by atoms with Gasteiger partial charge >= 0.3 is 0 Å². The van der Waals surface area contributed by atoms with Crippen LogP contribution in [0.4, 0.5) is 0 Å². The lowest BCUT2D eigenvalue weighted by atomic mass is 10.0. The maximum atomic E-state index is 13.6. The summed E-state index contributed by atoms with van der Waals surface area (Å²) in [6.07, 6.45) is 0.517. The average Bonchev–Trinajstić information content (AvgIpc) is 3.41. The van der Waals surface area contributed by atoms with Gasteiger partial charge in [-0.15, -0.1) is 10.2 Å². The van der Waals surface area contributed by atoms with Crippen molar-refractivity contribution in [1.82, 2.24) is 20.1 Å². The average molecular weight is 569 g/mol. The van der Waals surface area contributed by atoms with Crippen LogP contribution in [0.3, 0.4) is 0 Å². The third-order valence-corrected chi connectivity index (χ3v) is 7.77. The largest absolute Gasteiger partial charge is 0.496 e. The first-order valence-corrected chi connectivity index (χ1v) is 14.3. The fraction of sp³-hybridized carbons (Fsp3) is 0.156. The molecule has 0 saturated heterocycles. The number of benzene rings is 4. The number of hydrogen-bond acceptors (Lipinski definition) is 5. The molecule has 1 amide bonds. The molecular weight excluding hydrogens is 540 g/mol. The van der Waals surface area contributed by atoms with Crippen molar-refractivity contribution in [1.29, 1.82) is 0 Å². The van der Waals surface area contributed by atoms with Crippen LogP contribution in [0, 0.1) is 6.92 Å². The Hall–Kier alpha value is -4.07. The van der Waals surface area contributed by atoms with E-state index >= 15 is 0 Å². The zero-order valence-corrected chi connectivity index (χ0v) is 23.8. The molecule has 8 heteroatoms. The minimum absolute atomic E-state index is 0.255. The van der Waals surface area contributed by atoms with E-state index in [-0.39, 0.29) is 5.91 Å². The molecule has 40 heavy (non-hydrogen) atoms. The number of ether oxygens (including phenoxy) is 1. The minimum Gasteiger partial charge on any atom is -0.496 e. The summed E-state index contributed by atoms with van der Waals surface area (Å²) >= 11 is 8.06. The van der Waals surface area contributed by atoms with E-state index in [9.17, 15) is 4.79 Å². The number of rotatable bonds is 10. The van der Waals surface area contributed by atoms with Gasteiger partial charge in [0, 0.05) is 10.8 Å². The molecule has 0 aliphatic carbocycles. The fourth-order valence-corrected chi connectivity index (χ4v) is 5.57. The van der Waals surface area contributed by atoms with Gasteiger partial charge in [-0.1, -0.05) is 102 Å². The molecule has 0 saturated carbocycles. The Kier molecular flexibility index (Phi) is 8.84. The molecule has 5 rings (SSSR count). The van der Waals surface area contributed by atoms with Gasteiger partial charge in [0.2, 0.25) is 0 Å². The Bertz CT molecular complexity index is 1590. The number of carbonyl (C=O) groups excluding carboxylic acids is 1. The highest BCUT2D eigenvalue weighted by atomic mass is 35.5. The van der Waals surface area contributed by atoms with Crippen molar-refractivity contribution in [2.45, 2.75) is 30.3 Å². The lowest BCUT2D eigenvalue weighted by molar-refractivity contribution is 0.0931. The molecule has 1 N–H and O–H groups in total. The number of halogens is 1. The van der Waals surface area contributed by atoms with Crippen LogP contribution < -0.4 is 10.1 Å². The van der Waals surface area contributed by atoms with E-state index < -0.39 is 6.04 Å². The van der Waals surface area contributed by atoms with Crippen molar-refractivity contribution < 1.29 is 9.53 Å². The molecule has 5 aromatic rings. The van der Waals surface area contributed by atoms with E-state index in [2.05, 4.69) is 27.6 Å². The van der Waals surface area contributed by atoms with Crippen LogP contribution in [0.5, 0.6) is 5.75 Å². The highest BCUT2D eigenvalue weighted by Gasteiger charge is 2.27. The van der Waals surface area contributed by atoms with Gasteiger partial charge in [0.1, 0.15) is 5.75 Å².